The van der Waals surface area contributed by atoms with Crippen molar-refractivity contribution in [1.82, 2.24) is 0 Å². The van der Waals surface area contributed by atoms with Crippen LogP contribution in [-0.2, 0) is 0 Å². The molecule has 1 aromatic heterocycles. The Kier molecular flexibility index (Phi) is 3.76. The quantitative estimate of drug-likeness (QED) is 0.583. The molecule has 0 radical (unpaired) electrons. The maximum absolute atomic E-state index is 5.85. The number of hydrogen-bond donors (Lipinski definition) is 0. The lowest BCUT2D eigenvalue weighted by Crippen LogP contribution is -1.66. The molecule has 2 aromatic rings. The Labute approximate surface area is 88.2 Å². The molecule has 0 atom stereocenters. The standard InChI is InChI=1S/C9H7ClS.C2H6/c1-6-5-11-9-3-2-7(10)4-8(6)9;1-2/h2-5H,1H3;1-2H3. The zero-order valence-electron chi connectivity index (χ0n) is 8.10. The van der Waals surface area contributed by atoms with Gasteiger partial charge in [0, 0.05) is 9.72 Å². The van der Waals surface area contributed by atoms with Crippen LogP contribution in [0.5, 0.6) is 0 Å². The maximum Gasteiger partial charge on any atom is 0.0413 e. The number of fused-ring (bicyclic) bond motifs is 1. The number of hydrogen-bond acceptors (Lipinski definition) is 1. The van der Waals surface area contributed by atoms with Gasteiger partial charge in [-0.05, 0) is 41.5 Å². The first-order chi connectivity index (χ1) is 6.27. The second-order valence-corrected chi connectivity index (χ2v) is 3.91. The van der Waals surface area contributed by atoms with E-state index in [0.29, 0.717) is 0 Å². The van der Waals surface area contributed by atoms with Crippen LogP contribution < -0.4 is 0 Å². The molecule has 0 saturated carbocycles. The van der Waals surface area contributed by atoms with Gasteiger partial charge in [-0.15, -0.1) is 11.3 Å². The van der Waals surface area contributed by atoms with E-state index in [9.17, 15) is 0 Å². The molecule has 0 N–H and O–H groups in total. The van der Waals surface area contributed by atoms with Gasteiger partial charge in [-0.25, -0.2) is 0 Å². The lowest BCUT2D eigenvalue weighted by atomic mass is 10.2. The van der Waals surface area contributed by atoms with Crippen LogP contribution in [0.25, 0.3) is 10.1 Å². The molecule has 0 amide bonds. The zero-order valence-corrected chi connectivity index (χ0v) is 9.67. The number of thiophene rings is 1. The van der Waals surface area contributed by atoms with Crippen molar-refractivity contribution in [2.24, 2.45) is 0 Å². The van der Waals surface area contributed by atoms with Crippen LogP contribution in [0.1, 0.15) is 19.4 Å². The van der Waals surface area contributed by atoms with E-state index in [-0.39, 0.29) is 0 Å². The number of rotatable bonds is 0. The summed E-state index contributed by atoms with van der Waals surface area (Å²) in [6, 6.07) is 6.01. The molecule has 1 heterocycles. The predicted octanol–water partition coefficient (Wildman–Crippen LogP) is 4.89. The van der Waals surface area contributed by atoms with Gasteiger partial charge in [0.2, 0.25) is 0 Å². The summed E-state index contributed by atoms with van der Waals surface area (Å²) < 4.78 is 1.31. The summed E-state index contributed by atoms with van der Waals surface area (Å²) in [5, 5.41) is 4.25. The van der Waals surface area contributed by atoms with E-state index in [4.69, 9.17) is 11.6 Å². The van der Waals surface area contributed by atoms with Crippen LogP contribution in [0.2, 0.25) is 5.02 Å². The molecule has 0 saturated heterocycles. The summed E-state index contributed by atoms with van der Waals surface area (Å²) in [6.07, 6.45) is 0. The molecule has 13 heavy (non-hydrogen) atoms. The Balaban J connectivity index is 0.000000396. The smallest absolute Gasteiger partial charge is 0.0413 e. The van der Waals surface area contributed by atoms with Gasteiger partial charge < -0.3 is 0 Å². The minimum absolute atomic E-state index is 0.819. The first kappa shape index (κ1) is 10.6. The van der Waals surface area contributed by atoms with Crippen LogP contribution >= 0.6 is 22.9 Å². The van der Waals surface area contributed by atoms with Gasteiger partial charge in [0.15, 0.2) is 0 Å². The zero-order chi connectivity index (χ0) is 9.84. The van der Waals surface area contributed by atoms with E-state index in [0.717, 1.165) is 5.02 Å². The highest BCUT2D eigenvalue weighted by atomic mass is 35.5. The SMILES string of the molecule is CC.Cc1csc2ccc(Cl)cc12. The van der Waals surface area contributed by atoms with Crippen LogP contribution in [0.15, 0.2) is 23.6 Å². The van der Waals surface area contributed by atoms with Gasteiger partial charge in [-0.2, -0.15) is 0 Å². The third-order valence-electron chi connectivity index (χ3n) is 1.73. The van der Waals surface area contributed by atoms with Gasteiger partial charge in [-0.1, -0.05) is 25.4 Å². The second-order valence-electron chi connectivity index (χ2n) is 2.56. The Bertz CT molecular complexity index is 390. The van der Waals surface area contributed by atoms with Crippen molar-refractivity contribution in [2.75, 3.05) is 0 Å². The molecule has 0 fully saturated rings. The average Bonchev–Trinajstić information content (AvgIpc) is 2.52. The summed E-state index contributed by atoms with van der Waals surface area (Å²) in [5.74, 6) is 0. The van der Waals surface area contributed by atoms with Crippen molar-refractivity contribution in [3.8, 4) is 0 Å². The lowest BCUT2D eigenvalue weighted by Gasteiger charge is -1.91. The Morgan fingerprint density at radius 1 is 1.23 bits per heavy atom. The van der Waals surface area contributed by atoms with E-state index in [1.54, 1.807) is 11.3 Å². The molecule has 0 aliphatic carbocycles. The van der Waals surface area contributed by atoms with Gasteiger partial charge in [0.05, 0.1) is 0 Å². The van der Waals surface area contributed by atoms with Crippen molar-refractivity contribution < 1.29 is 0 Å². The molecule has 0 nitrogen and oxygen atoms in total. The molecule has 70 valence electrons. The fraction of sp³-hybridized carbons (Fsp3) is 0.273. The normalized spacial score (nSPS) is 9.54. The van der Waals surface area contributed by atoms with Crippen LogP contribution in [0.4, 0.5) is 0 Å². The van der Waals surface area contributed by atoms with Crippen molar-refractivity contribution in [2.45, 2.75) is 20.8 Å². The Morgan fingerprint density at radius 2 is 1.92 bits per heavy atom. The first-order valence-corrected chi connectivity index (χ1v) is 5.66. The van der Waals surface area contributed by atoms with E-state index in [2.05, 4.69) is 18.4 Å². The molecule has 2 rings (SSSR count). The first-order valence-electron chi connectivity index (χ1n) is 4.41. The molecule has 0 spiro atoms. The second kappa shape index (κ2) is 4.64. The molecule has 0 unspecified atom stereocenters. The minimum atomic E-state index is 0.819. The number of aryl methyl sites for hydroxylation is 1. The molecule has 0 aliphatic rings. The molecule has 1 aromatic carbocycles. The number of benzene rings is 1. The molecular weight excluding hydrogens is 200 g/mol. The fourth-order valence-corrected chi connectivity index (χ4v) is 2.22. The summed E-state index contributed by atoms with van der Waals surface area (Å²) in [5.41, 5.74) is 1.31. The summed E-state index contributed by atoms with van der Waals surface area (Å²) >= 11 is 7.62. The summed E-state index contributed by atoms with van der Waals surface area (Å²) in [7, 11) is 0. The van der Waals surface area contributed by atoms with Gasteiger partial charge >= 0.3 is 0 Å². The Hall–Kier alpha value is -0.530. The van der Waals surface area contributed by atoms with Gasteiger partial charge in [0.25, 0.3) is 0 Å². The third-order valence-corrected chi connectivity index (χ3v) is 3.05. The van der Waals surface area contributed by atoms with E-state index < -0.39 is 0 Å². The van der Waals surface area contributed by atoms with Crippen molar-refractivity contribution in [3.63, 3.8) is 0 Å². The van der Waals surface area contributed by atoms with Crippen molar-refractivity contribution >= 4 is 33.0 Å². The molecule has 0 bridgehead atoms. The minimum Gasteiger partial charge on any atom is -0.144 e. The van der Waals surface area contributed by atoms with Crippen molar-refractivity contribution in [1.29, 1.82) is 0 Å². The predicted molar refractivity (Wildman–Crippen MR) is 62.9 cm³/mol. The molecule has 2 heteroatoms. The van der Waals surface area contributed by atoms with Crippen molar-refractivity contribution in [3.05, 3.63) is 34.2 Å². The van der Waals surface area contributed by atoms with Crippen LogP contribution in [0, 0.1) is 6.92 Å². The fourth-order valence-electron chi connectivity index (χ4n) is 1.13. The van der Waals surface area contributed by atoms with Gasteiger partial charge in [-0.3, -0.25) is 0 Å². The summed E-state index contributed by atoms with van der Waals surface area (Å²) in [6.45, 7) is 6.11. The molecule has 0 aliphatic heterocycles. The topological polar surface area (TPSA) is 0 Å². The van der Waals surface area contributed by atoms with Crippen LogP contribution in [-0.4, -0.2) is 0 Å². The number of halogens is 1. The van der Waals surface area contributed by atoms with E-state index in [1.165, 1.54) is 15.6 Å². The lowest BCUT2D eigenvalue weighted by molar-refractivity contribution is 1.50. The van der Waals surface area contributed by atoms with E-state index >= 15 is 0 Å². The highest BCUT2D eigenvalue weighted by molar-refractivity contribution is 7.17. The van der Waals surface area contributed by atoms with E-state index in [1.807, 2.05) is 26.0 Å². The Morgan fingerprint density at radius 3 is 2.62 bits per heavy atom. The monoisotopic (exact) mass is 212 g/mol. The molecular formula is C11H13ClS. The highest BCUT2D eigenvalue weighted by Gasteiger charge is 1.98. The highest BCUT2D eigenvalue weighted by Crippen LogP contribution is 2.27. The average molecular weight is 213 g/mol. The third kappa shape index (κ3) is 2.23. The van der Waals surface area contributed by atoms with Crippen LogP contribution in [0.3, 0.4) is 0 Å². The summed E-state index contributed by atoms with van der Waals surface area (Å²) in [4.78, 5) is 0. The largest absolute Gasteiger partial charge is 0.144 e. The maximum atomic E-state index is 5.85. The van der Waals surface area contributed by atoms with Gasteiger partial charge in [0.1, 0.15) is 0 Å².